The number of carboxylic acid groups (broad SMARTS) is 1. The molecule has 0 saturated carbocycles. The molecule has 1 aliphatic rings. The number of carbonyl (C=O) groups is 3. The van der Waals surface area contributed by atoms with Gasteiger partial charge in [-0.1, -0.05) is 0 Å². The van der Waals surface area contributed by atoms with E-state index in [2.05, 4.69) is 5.10 Å². The van der Waals surface area contributed by atoms with Crippen molar-refractivity contribution < 1.29 is 19.5 Å². The van der Waals surface area contributed by atoms with Crippen molar-refractivity contribution in [3.8, 4) is 0 Å². The summed E-state index contributed by atoms with van der Waals surface area (Å²) < 4.78 is 1.58. The van der Waals surface area contributed by atoms with Gasteiger partial charge in [-0.15, -0.1) is 0 Å². The summed E-state index contributed by atoms with van der Waals surface area (Å²) in [4.78, 5) is 38.1. The predicted molar refractivity (Wildman–Crippen MR) is 81.5 cm³/mol. The van der Waals surface area contributed by atoms with Gasteiger partial charge in [-0.05, 0) is 25.3 Å². The van der Waals surface area contributed by atoms with Crippen LogP contribution in [0.1, 0.15) is 26.2 Å². The average molecular weight is 322 g/mol. The molecule has 2 amide bonds. The molecule has 1 atom stereocenters. The van der Waals surface area contributed by atoms with E-state index in [0.717, 1.165) is 6.42 Å². The first-order valence-electron chi connectivity index (χ1n) is 7.71. The van der Waals surface area contributed by atoms with Crippen LogP contribution in [0.5, 0.6) is 0 Å². The quantitative estimate of drug-likeness (QED) is 0.835. The number of aromatic nitrogens is 2. The Morgan fingerprint density at radius 2 is 2.09 bits per heavy atom. The second-order valence-electron chi connectivity index (χ2n) is 5.71. The lowest BCUT2D eigenvalue weighted by molar-refractivity contribution is -0.145. The fourth-order valence-electron chi connectivity index (χ4n) is 2.92. The smallest absolute Gasteiger partial charge is 0.323 e. The van der Waals surface area contributed by atoms with E-state index < -0.39 is 5.97 Å². The topological polar surface area (TPSA) is 95.7 Å². The van der Waals surface area contributed by atoms with Crippen LogP contribution < -0.4 is 0 Å². The molecule has 1 aliphatic heterocycles. The first kappa shape index (κ1) is 17.0. The van der Waals surface area contributed by atoms with Crippen LogP contribution in [0.2, 0.25) is 0 Å². The lowest BCUT2D eigenvalue weighted by Crippen LogP contribution is -2.43. The number of carbonyl (C=O) groups excluding carboxylic acids is 2. The van der Waals surface area contributed by atoms with Gasteiger partial charge >= 0.3 is 5.97 Å². The van der Waals surface area contributed by atoms with Gasteiger partial charge in [0.25, 0.3) is 0 Å². The zero-order valence-electron chi connectivity index (χ0n) is 13.2. The van der Waals surface area contributed by atoms with E-state index in [1.54, 1.807) is 28.0 Å². The van der Waals surface area contributed by atoms with Gasteiger partial charge in [0, 0.05) is 38.4 Å². The molecular weight excluding hydrogens is 300 g/mol. The van der Waals surface area contributed by atoms with Gasteiger partial charge in [-0.3, -0.25) is 19.1 Å². The van der Waals surface area contributed by atoms with E-state index in [1.165, 1.54) is 11.8 Å². The molecule has 1 aromatic heterocycles. The third-order valence-electron chi connectivity index (χ3n) is 4.06. The number of nitrogens with zero attached hydrogens (tertiary/aromatic N) is 4. The normalized spacial score (nSPS) is 18.3. The van der Waals surface area contributed by atoms with Crippen LogP contribution in [0.25, 0.3) is 0 Å². The van der Waals surface area contributed by atoms with Crippen LogP contribution in [-0.4, -0.2) is 68.1 Å². The number of hydrogen-bond acceptors (Lipinski definition) is 4. The molecule has 2 rings (SSSR count). The van der Waals surface area contributed by atoms with Crippen molar-refractivity contribution in [2.75, 3.05) is 19.6 Å². The van der Waals surface area contributed by atoms with Gasteiger partial charge in [-0.2, -0.15) is 5.10 Å². The second kappa shape index (κ2) is 7.75. The highest BCUT2D eigenvalue weighted by Gasteiger charge is 2.27. The Morgan fingerprint density at radius 1 is 1.30 bits per heavy atom. The number of amides is 2. The van der Waals surface area contributed by atoms with Crippen molar-refractivity contribution in [3.05, 3.63) is 18.5 Å². The van der Waals surface area contributed by atoms with Crippen LogP contribution in [0.15, 0.2) is 18.5 Å². The minimum Gasteiger partial charge on any atom is -0.480 e. The Hall–Kier alpha value is -2.38. The molecule has 126 valence electrons. The molecule has 0 aromatic carbocycles. The van der Waals surface area contributed by atoms with Gasteiger partial charge in [0.05, 0.1) is 0 Å². The summed E-state index contributed by atoms with van der Waals surface area (Å²) in [6.45, 7) is 2.43. The molecule has 2 heterocycles. The Kier molecular flexibility index (Phi) is 5.72. The highest BCUT2D eigenvalue weighted by molar-refractivity contribution is 5.80. The standard InChI is InChI=1S/C15H22N4O4/c1-12(20)19(11-15(22)23)13-4-2-7-17(9-5-13)14(21)10-18-8-3-6-16-18/h3,6,8,13H,2,4-5,7,9-11H2,1H3,(H,22,23). The summed E-state index contributed by atoms with van der Waals surface area (Å²) in [5.74, 6) is -1.27. The van der Waals surface area contributed by atoms with Crippen molar-refractivity contribution in [2.24, 2.45) is 0 Å². The minimum absolute atomic E-state index is 0.0121. The molecule has 0 radical (unpaired) electrons. The maximum absolute atomic E-state index is 12.3. The number of aliphatic carboxylic acids is 1. The minimum atomic E-state index is -1.02. The number of carboxylic acids is 1. The summed E-state index contributed by atoms with van der Waals surface area (Å²) in [6.07, 6.45) is 5.42. The lowest BCUT2D eigenvalue weighted by atomic mass is 10.1. The van der Waals surface area contributed by atoms with Gasteiger partial charge in [0.2, 0.25) is 11.8 Å². The van der Waals surface area contributed by atoms with E-state index in [4.69, 9.17) is 5.11 Å². The number of rotatable bonds is 5. The Labute approximate surface area is 134 Å². The third kappa shape index (κ3) is 4.80. The van der Waals surface area contributed by atoms with Crippen molar-refractivity contribution >= 4 is 17.8 Å². The molecule has 8 nitrogen and oxygen atoms in total. The summed E-state index contributed by atoms with van der Waals surface area (Å²) in [7, 11) is 0. The number of hydrogen-bond donors (Lipinski definition) is 1. The van der Waals surface area contributed by atoms with Gasteiger partial charge in [0.15, 0.2) is 0 Å². The van der Waals surface area contributed by atoms with Crippen LogP contribution in [0, 0.1) is 0 Å². The van der Waals surface area contributed by atoms with Crippen molar-refractivity contribution in [1.29, 1.82) is 0 Å². The zero-order valence-corrected chi connectivity index (χ0v) is 13.2. The summed E-state index contributed by atoms with van der Waals surface area (Å²) in [6, 6.07) is 1.63. The van der Waals surface area contributed by atoms with Crippen molar-refractivity contribution in [1.82, 2.24) is 19.6 Å². The highest BCUT2D eigenvalue weighted by Crippen LogP contribution is 2.17. The molecular formula is C15H22N4O4. The molecule has 0 bridgehead atoms. The maximum atomic E-state index is 12.3. The average Bonchev–Trinajstić information content (AvgIpc) is 2.86. The van der Waals surface area contributed by atoms with E-state index in [9.17, 15) is 14.4 Å². The lowest BCUT2D eigenvalue weighted by Gasteiger charge is -2.28. The third-order valence-corrected chi connectivity index (χ3v) is 4.06. The van der Waals surface area contributed by atoms with E-state index in [0.29, 0.717) is 25.9 Å². The fourth-order valence-corrected chi connectivity index (χ4v) is 2.92. The van der Waals surface area contributed by atoms with Gasteiger partial charge < -0.3 is 14.9 Å². The summed E-state index contributed by atoms with van der Waals surface area (Å²) >= 11 is 0. The van der Waals surface area contributed by atoms with Crippen molar-refractivity contribution in [2.45, 2.75) is 38.8 Å². The van der Waals surface area contributed by atoms with Crippen LogP contribution >= 0.6 is 0 Å². The summed E-state index contributed by atoms with van der Waals surface area (Å²) in [5, 5.41) is 13.0. The maximum Gasteiger partial charge on any atom is 0.323 e. The largest absolute Gasteiger partial charge is 0.480 e. The molecule has 0 aliphatic carbocycles. The molecule has 0 spiro atoms. The first-order chi connectivity index (χ1) is 11.0. The molecule has 1 saturated heterocycles. The molecule has 1 aromatic rings. The Balaban J connectivity index is 1.94. The highest BCUT2D eigenvalue weighted by atomic mass is 16.4. The predicted octanol–water partition coefficient (Wildman–Crippen LogP) is 0.197. The van der Waals surface area contributed by atoms with Crippen LogP contribution in [0.3, 0.4) is 0 Å². The molecule has 1 N–H and O–H groups in total. The zero-order chi connectivity index (χ0) is 16.8. The van der Waals surface area contributed by atoms with Crippen molar-refractivity contribution in [3.63, 3.8) is 0 Å². The molecule has 1 unspecified atom stereocenters. The Bertz CT molecular complexity index is 558. The molecule has 23 heavy (non-hydrogen) atoms. The van der Waals surface area contributed by atoms with Gasteiger partial charge in [-0.25, -0.2) is 0 Å². The van der Waals surface area contributed by atoms with E-state index in [1.807, 2.05) is 0 Å². The van der Waals surface area contributed by atoms with E-state index in [-0.39, 0.29) is 30.9 Å². The fraction of sp³-hybridized carbons (Fsp3) is 0.600. The first-order valence-corrected chi connectivity index (χ1v) is 7.71. The van der Waals surface area contributed by atoms with Gasteiger partial charge in [0.1, 0.15) is 13.1 Å². The SMILES string of the molecule is CC(=O)N(CC(=O)O)C1CCCN(C(=O)Cn2cccn2)CC1. The van der Waals surface area contributed by atoms with Crippen LogP contribution in [0.4, 0.5) is 0 Å². The Morgan fingerprint density at radius 3 is 2.70 bits per heavy atom. The second-order valence-corrected chi connectivity index (χ2v) is 5.71. The molecule has 8 heteroatoms. The monoisotopic (exact) mass is 322 g/mol. The number of likely N-dealkylation sites (tertiary alicyclic amines) is 1. The molecule has 1 fully saturated rings. The van der Waals surface area contributed by atoms with E-state index >= 15 is 0 Å². The summed E-state index contributed by atoms with van der Waals surface area (Å²) in [5.41, 5.74) is 0. The van der Waals surface area contributed by atoms with Crippen LogP contribution in [-0.2, 0) is 20.9 Å².